The molecule has 6 heteroatoms. The molecule has 2 amide bonds. The van der Waals surface area contributed by atoms with Crippen LogP contribution in [-0.2, 0) is 11.3 Å². The van der Waals surface area contributed by atoms with Crippen LogP contribution in [0.2, 0.25) is 0 Å². The van der Waals surface area contributed by atoms with E-state index in [0.717, 1.165) is 24.8 Å². The molecule has 0 bridgehead atoms. The number of rotatable bonds is 4. The van der Waals surface area contributed by atoms with Gasteiger partial charge < -0.3 is 20.8 Å². The molecule has 6 nitrogen and oxygen atoms in total. The first-order valence-corrected chi connectivity index (χ1v) is 7.09. The third-order valence-electron chi connectivity index (χ3n) is 3.86. The van der Waals surface area contributed by atoms with E-state index in [0.29, 0.717) is 12.8 Å². The van der Waals surface area contributed by atoms with Gasteiger partial charge in [0.2, 0.25) is 0 Å². The number of amides is 2. The number of hydrogen-bond acceptors (Lipinski definition) is 3. The Hall–Kier alpha value is -2.24. The van der Waals surface area contributed by atoms with E-state index in [9.17, 15) is 19.8 Å². The zero-order valence-corrected chi connectivity index (χ0v) is 11.8. The fourth-order valence-electron chi connectivity index (χ4n) is 2.61. The minimum Gasteiger partial charge on any atom is -0.508 e. The summed E-state index contributed by atoms with van der Waals surface area (Å²) in [7, 11) is 0. The lowest BCUT2D eigenvalue weighted by atomic mass is 9.82. The predicted octanol–water partition coefficient (Wildman–Crippen LogP) is 1.98. The van der Waals surface area contributed by atoms with E-state index in [2.05, 4.69) is 10.6 Å². The summed E-state index contributed by atoms with van der Waals surface area (Å²) >= 11 is 0. The van der Waals surface area contributed by atoms with Crippen LogP contribution in [0, 0.1) is 0 Å². The number of carboxylic acid groups (broad SMARTS) is 1. The van der Waals surface area contributed by atoms with Crippen LogP contribution < -0.4 is 10.6 Å². The van der Waals surface area contributed by atoms with Crippen molar-refractivity contribution in [3.8, 4) is 5.75 Å². The standard InChI is InChI=1S/C15H20N2O4/c18-12-6-4-11(5-7-12)10-16-14(21)17-15(13(19)20)8-2-1-3-9-15/h4-7,18H,1-3,8-10H2,(H,19,20)(H2,16,17,21). The van der Waals surface area contributed by atoms with Gasteiger partial charge in [-0.05, 0) is 30.5 Å². The summed E-state index contributed by atoms with van der Waals surface area (Å²) in [5, 5.41) is 23.8. The smallest absolute Gasteiger partial charge is 0.329 e. The Balaban J connectivity index is 1.90. The third kappa shape index (κ3) is 3.87. The Morgan fingerprint density at radius 1 is 1.10 bits per heavy atom. The van der Waals surface area contributed by atoms with Crippen molar-refractivity contribution in [3.63, 3.8) is 0 Å². The Labute approximate surface area is 123 Å². The first kappa shape index (κ1) is 15.2. The zero-order chi connectivity index (χ0) is 15.3. The highest BCUT2D eigenvalue weighted by atomic mass is 16.4. The van der Waals surface area contributed by atoms with Crippen LogP contribution in [0.4, 0.5) is 4.79 Å². The molecule has 1 aromatic rings. The van der Waals surface area contributed by atoms with Crippen LogP contribution >= 0.6 is 0 Å². The number of phenols is 1. The fraction of sp³-hybridized carbons (Fsp3) is 0.467. The van der Waals surface area contributed by atoms with Gasteiger partial charge in [0.05, 0.1) is 0 Å². The first-order valence-electron chi connectivity index (χ1n) is 7.09. The largest absolute Gasteiger partial charge is 0.508 e. The topological polar surface area (TPSA) is 98.7 Å². The molecule has 0 aromatic heterocycles. The lowest BCUT2D eigenvalue weighted by molar-refractivity contribution is -0.145. The highest BCUT2D eigenvalue weighted by Crippen LogP contribution is 2.28. The molecule has 1 aliphatic rings. The predicted molar refractivity (Wildman–Crippen MR) is 76.9 cm³/mol. The summed E-state index contributed by atoms with van der Waals surface area (Å²) < 4.78 is 0. The molecule has 0 aliphatic heterocycles. The Bertz CT molecular complexity index is 507. The van der Waals surface area contributed by atoms with Crippen molar-refractivity contribution in [2.45, 2.75) is 44.2 Å². The molecule has 1 saturated carbocycles. The molecule has 0 radical (unpaired) electrons. The Morgan fingerprint density at radius 2 is 1.71 bits per heavy atom. The third-order valence-corrected chi connectivity index (χ3v) is 3.86. The fourth-order valence-corrected chi connectivity index (χ4v) is 2.61. The van der Waals surface area contributed by atoms with Crippen molar-refractivity contribution < 1.29 is 19.8 Å². The van der Waals surface area contributed by atoms with Crippen molar-refractivity contribution in [3.05, 3.63) is 29.8 Å². The maximum Gasteiger partial charge on any atom is 0.329 e. The van der Waals surface area contributed by atoms with Crippen molar-refractivity contribution >= 4 is 12.0 Å². The SMILES string of the molecule is O=C(NCc1ccc(O)cc1)NC1(C(=O)O)CCCCC1. The van der Waals surface area contributed by atoms with Gasteiger partial charge in [0.25, 0.3) is 0 Å². The number of phenolic OH excluding ortho intramolecular Hbond substituents is 1. The summed E-state index contributed by atoms with van der Waals surface area (Å²) in [6.07, 6.45) is 3.56. The van der Waals surface area contributed by atoms with E-state index in [4.69, 9.17) is 0 Å². The quantitative estimate of drug-likeness (QED) is 0.682. The maximum atomic E-state index is 11.9. The molecule has 0 atom stereocenters. The molecule has 2 rings (SSSR count). The molecule has 0 spiro atoms. The molecular formula is C15H20N2O4. The molecular weight excluding hydrogens is 272 g/mol. The average molecular weight is 292 g/mol. The van der Waals surface area contributed by atoms with E-state index >= 15 is 0 Å². The number of benzene rings is 1. The lowest BCUT2D eigenvalue weighted by Gasteiger charge is -2.33. The minimum atomic E-state index is -1.14. The monoisotopic (exact) mass is 292 g/mol. The maximum absolute atomic E-state index is 11.9. The lowest BCUT2D eigenvalue weighted by Crippen LogP contribution is -2.57. The van der Waals surface area contributed by atoms with Gasteiger partial charge >= 0.3 is 12.0 Å². The minimum absolute atomic E-state index is 0.162. The van der Waals surface area contributed by atoms with E-state index in [1.165, 1.54) is 12.1 Å². The van der Waals surface area contributed by atoms with Crippen LogP contribution in [0.3, 0.4) is 0 Å². The van der Waals surface area contributed by atoms with Crippen molar-refractivity contribution in [2.75, 3.05) is 0 Å². The summed E-state index contributed by atoms with van der Waals surface area (Å²) in [6.45, 7) is 0.280. The van der Waals surface area contributed by atoms with E-state index in [-0.39, 0.29) is 12.3 Å². The van der Waals surface area contributed by atoms with Crippen LogP contribution in [0.15, 0.2) is 24.3 Å². The number of aromatic hydroxyl groups is 1. The van der Waals surface area contributed by atoms with E-state index in [1.54, 1.807) is 12.1 Å². The second-order valence-electron chi connectivity index (χ2n) is 5.42. The van der Waals surface area contributed by atoms with Crippen molar-refractivity contribution in [1.82, 2.24) is 10.6 Å². The van der Waals surface area contributed by atoms with Gasteiger partial charge in [-0.25, -0.2) is 9.59 Å². The normalized spacial score (nSPS) is 17.0. The molecule has 114 valence electrons. The first-order chi connectivity index (χ1) is 10.0. The summed E-state index contributed by atoms with van der Waals surface area (Å²) in [5.41, 5.74) is -0.312. The molecule has 4 N–H and O–H groups in total. The zero-order valence-electron chi connectivity index (χ0n) is 11.8. The highest BCUT2D eigenvalue weighted by molar-refractivity contribution is 5.86. The number of urea groups is 1. The number of carbonyl (C=O) groups is 2. The van der Waals surface area contributed by atoms with Crippen molar-refractivity contribution in [1.29, 1.82) is 0 Å². The molecule has 1 fully saturated rings. The van der Waals surface area contributed by atoms with Crippen molar-refractivity contribution in [2.24, 2.45) is 0 Å². The summed E-state index contributed by atoms with van der Waals surface area (Å²) in [4.78, 5) is 23.4. The molecule has 1 aliphatic carbocycles. The van der Waals surface area contributed by atoms with Crippen LogP contribution in [-0.4, -0.2) is 27.8 Å². The van der Waals surface area contributed by atoms with Gasteiger partial charge in [-0.15, -0.1) is 0 Å². The highest BCUT2D eigenvalue weighted by Gasteiger charge is 2.40. The Kier molecular flexibility index (Phi) is 4.67. The molecule has 0 saturated heterocycles. The number of aliphatic carboxylic acids is 1. The number of hydrogen-bond donors (Lipinski definition) is 4. The number of carbonyl (C=O) groups excluding carboxylic acids is 1. The van der Waals surface area contributed by atoms with Gasteiger partial charge in [-0.1, -0.05) is 31.4 Å². The number of nitrogens with one attached hydrogen (secondary N) is 2. The van der Waals surface area contributed by atoms with E-state index in [1.807, 2.05) is 0 Å². The van der Waals surface area contributed by atoms with Gasteiger partial charge in [0.15, 0.2) is 0 Å². The van der Waals surface area contributed by atoms with Gasteiger partial charge in [-0.2, -0.15) is 0 Å². The molecule has 1 aromatic carbocycles. The summed E-state index contributed by atoms with van der Waals surface area (Å²) in [6, 6.07) is 5.99. The molecule has 0 unspecified atom stereocenters. The number of carboxylic acids is 1. The van der Waals surface area contributed by atoms with E-state index < -0.39 is 17.5 Å². The van der Waals surface area contributed by atoms with Gasteiger partial charge in [0.1, 0.15) is 11.3 Å². The molecule has 0 heterocycles. The second kappa shape index (κ2) is 6.47. The average Bonchev–Trinajstić information content (AvgIpc) is 2.47. The van der Waals surface area contributed by atoms with Gasteiger partial charge in [-0.3, -0.25) is 0 Å². The second-order valence-corrected chi connectivity index (χ2v) is 5.42. The van der Waals surface area contributed by atoms with Gasteiger partial charge in [0, 0.05) is 6.54 Å². The van der Waals surface area contributed by atoms with Crippen LogP contribution in [0.1, 0.15) is 37.7 Å². The summed E-state index contributed by atoms with van der Waals surface area (Å²) in [5.74, 6) is -0.808. The van der Waals surface area contributed by atoms with Crippen LogP contribution in [0.25, 0.3) is 0 Å². The Morgan fingerprint density at radius 3 is 2.29 bits per heavy atom. The van der Waals surface area contributed by atoms with Crippen LogP contribution in [0.5, 0.6) is 5.75 Å². The molecule has 21 heavy (non-hydrogen) atoms.